The van der Waals surface area contributed by atoms with E-state index in [0.717, 1.165) is 10.0 Å². The van der Waals surface area contributed by atoms with E-state index in [-0.39, 0.29) is 23.7 Å². The number of halogens is 1. The molecule has 0 saturated heterocycles. The van der Waals surface area contributed by atoms with Gasteiger partial charge in [-0.25, -0.2) is 8.42 Å². The Hall–Kier alpha value is -0.590. The maximum absolute atomic E-state index is 11.7. The van der Waals surface area contributed by atoms with Gasteiger partial charge in [0.15, 0.2) is 9.84 Å². The Bertz CT molecular complexity index is 527. The van der Waals surface area contributed by atoms with Crippen molar-refractivity contribution in [3.8, 4) is 5.75 Å². The third kappa shape index (κ3) is 4.78. The van der Waals surface area contributed by atoms with Crippen LogP contribution in [0.25, 0.3) is 0 Å². The zero-order valence-corrected chi connectivity index (χ0v) is 13.8. The number of ether oxygens (including phenoxy) is 1. The van der Waals surface area contributed by atoms with Crippen LogP contribution in [0.4, 0.5) is 0 Å². The molecule has 2 N–H and O–H groups in total. The monoisotopic (exact) mass is 349 g/mol. The molecule has 0 aliphatic carbocycles. The van der Waals surface area contributed by atoms with Crippen LogP contribution in [0.15, 0.2) is 22.7 Å². The van der Waals surface area contributed by atoms with Crippen LogP contribution in [0.5, 0.6) is 5.75 Å². The Kier molecular flexibility index (Phi) is 5.82. The summed E-state index contributed by atoms with van der Waals surface area (Å²) in [7, 11) is -3.08. The molecule has 0 spiro atoms. The summed E-state index contributed by atoms with van der Waals surface area (Å²) in [6, 6.07) is 5.36. The Morgan fingerprint density at radius 2 is 1.95 bits per heavy atom. The lowest BCUT2D eigenvalue weighted by molar-refractivity contribution is 0.335. The number of nitrogens with two attached hydrogens (primary N) is 1. The van der Waals surface area contributed by atoms with Gasteiger partial charge in [-0.3, -0.25) is 0 Å². The van der Waals surface area contributed by atoms with Gasteiger partial charge in [0.05, 0.1) is 11.0 Å². The molecule has 1 aromatic carbocycles. The van der Waals surface area contributed by atoms with E-state index in [9.17, 15) is 8.42 Å². The largest absolute Gasteiger partial charge is 0.492 e. The van der Waals surface area contributed by atoms with Crippen molar-refractivity contribution in [1.29, 1.82) is 0 Å². The topological polar surface area (TPSA) is 69.4 Å². The van der Waals surface area contributed by atoms with Crippen LogP contribution >= 0.6 is 15.9 Å². The molecule has 0 heterocycles. The first kappa shape index (κ1) is 16.5. The molecule has 108 valence electrons. The molecule has 4 nitrogen and oxygen atoms in total. The van der Waals surface area contributed by atoms with Crippen LogP contribution < -0.4 is 10.5 Å². The Morgan fingerprint density at radius 3 is 2.47 bits per heavy atom. The third-order valence-electron chi connectivity index (χ3n) is 2.81. The van der Waals surface area contributed by atoms with Crippen LogP contribution in [0.2, 0.25) is 0 Å². The second-order valence-electron chi connectivity index (χ2n) is 4.74. The van der Waals surface area contributed by atoms with E-state index in [1.54, 1.807) is 19.9 Å². The minimum Gasteiger partial charge on any atom is -0.492 e. The average molecular weight is 350 g/mol. The molecule has 0 fully saturated rings. The molecule has 0 aliphatic heterocycles. The maximum Gasteiger partial charge on any atom is 0.155 e. The van der Waals surface area contributed by atoms with E-state index in [0.29, 0.717) is 5.75 Å². The first-order valence-corrected chi connectivity index (χ1v) is 8.64. The van der Waals surface area contributed by atoms with E-state index in [4.69, 9.17) is 10.5 Å². The van der Waals surface area contributed by atoms with Gasteiger partial charge in [-0.1, -0.05) is 15.9 Å². The highest BCUT2D eigenvalue weighted by molar-refractivity contribution is 9.10. The molecule has 0 bridgehead atoms. The molecule has 6 heteroatoms. The fourth-order valence-corrected chi connectivity index (χ4v) is 2.68. The first-order chi connectivity index (χ1) is 8.74. The molecule has 1 atom stereocenters. The predicted molar refractivity (Wildman–Crippen MR) is 81.2 cm³/mol. The zero-order valence-electron chi connectivity index (χ0n) is 11.4. The molecule has 19 heavy (non-hydrogen) atoms. The number of hydrogen-bond donors (Lipinski definition) is 1. The highest BCUT2D eigenvalue weighted by Gasteiger charge is 2.16. The van der Waals surface area contributed by atoms with E-state index in [2.05, 4.69) is 15.9 Å². The Morgan fingerprint density at radius 1 is 1.32 bits per heavy atom. The van der Waals surface area contributed by atoms with Crippen LogP contribution in [0.3, 0.4) is 0 Å². The summed E-state index contributed by atoms with van der Waals surface area (Å²) in [5.74, 6) is 0.649. The zero-order chi connectivity index (χ0) is 14.6. The minimum atomic E-state index is -3.08. The SMILES string of the molecule is CC(C)S(=O)(=O)CCOc1ccc(Br)cc1[C@H](C)N. The van der Waals surface area contributed by atoms with Crippen LogP contribution in [0, 0.1) is 0 Å². The molecule has 1 aromatic rings. The number of rotatable bonds is 6. The highest BCUT2D eigenvalue weighted by Crippen LogP contribution is 2.27. The summed E-state index contributed by atoms with van der Waals surface area (Å²) in [6.07, 6.45) is 0. The van der Waals surface area contributed by atoms with Gasteiger partial charge >= 0.3 is 0 Å². The normalized spacial score (nSPS) is 13.6. The lowest BCUT2D eigenvalue weighted by Crippen LogP contribution is -2.22. The molecule has 1 rings (SSSR count). The third-order valence-corrected chi connectivity index (χ3v) is 5.47. The lowest BCUT2D eigenvalue weighted by Gasteiger charge is -2.15. The molecular weight excluding hydrogens is 330 g/mol. The van der Waals surface area contributed by atoms with Gasteiger partial charge in [-0.2, -0.15) is 0 Å². The van der Waals surface area contributed by atoms with Gasteiger partial charge in [0.1, 0.15) is 12.4 Å². The van der Waals surface area contributed by atoms with Gasteiger partial charge in [0.25, 0.3) is 0 Å². The summed E-state index contributed by atoms with van der Waals surface area (Å²) < 4.78 is 29.8. The van der Waals surface area contributed by atoms with Crippen molar-refractivity contribution in [3.63, 3.8) is 0 Å². The fraction of sp³-hybridized carbons (Fsp3) is 0.538. The van der Waals surface area contributed by atoms with Crippen molar-refractivity contribution < 1.29 is 13.2 Å². The average Bonchev–Trinajstić information content (AvgIpc) is 2.30. The standard InChI is InChI=1S/C13H20BrNO3S/c1-9(2)19(16,17)7-6-18-13-5-4-11(14)8-12(13)10(3)15/h4-5,8-10H,6-7,15H2,1-3H3/t10-/m0/s1. The molecule has 0 aliphatic rings. The van der Waals surface area contributed by atoms with Crippen molar-refractivity contribution in [2.24, 2.45) is 5.73 Å². The fourth-order valence-electron chi connectivity index (χ4n) is 1.51. The highest BCUT2D eigenvalue weighted by atomic mass is 79.9. The van der Waals surface area contributed by atoms with Crippen molar-refractivity contribution in [2.45, 2.75) is 32.1 Å². The first-order valence-electron chi connectivity index (χ1n) is 6.13. The number of sulfone groups is 1. The number of benzene rings is 1. The van der Waals surface area contributed by atoms with E-state index in [1.165, 1.54) is 0 Å². The van der Waals surface area contributed by atoms with Crippen molar-refractivity contribution in [2.75, 3.05) is 12.4 Å². The smallest absolute Gasteiger partial charge is 0.155 e. The van der Waals surface area contributed by atoms with Crippen LogP contribution in [-0.2, 0) is 9.84 Å². The van der Waals surface area contributed by atoms with E-state index < -0.39 is 9.84 Å². The van der Waals surface area contributed by atoms with Crippen LogP contribution in [-0.4, -0.2) is 26.0 Å². The van der Waals surface area contributed by atoms with Gasteiger partial charge in [-0.05, 0) is 39.0 Å². The van der Waals surface area contributed by atoms with Gasteiger partial charge in [0, 0.05) is 16.1 Å². The van der Waals surface area contributed by atoms with Gasteiger partial charge in [0.2, 0.25) is 0 Å². The van der Waals surface area contributed by atoms with E-state index in [1.807, 2.05) is 19.1 Å². The molecular formula is C13H20BrNO3S. The molecule has 0 radical (unpaired) electrons. The van der Waals surface area contributed by atoms with Crippen molar-refractivity contribution in [1.82, 2.24) is 0 Å². The quantitative estimate of drug-likeness (QED) is 0.856. The molecule has 0 aromatic heterocycles. The molecule has 0 saturated carbocycles. The van der Waals surface area contributed by atoms with Crippen molar-refractivity contribution in [3.05, 3.63) is 28.2 Å². The summed E-state index contributed by atoms with van der Waals surface area (Å²) in [4.78, 5) is 0. The lowest BCUT2D eigenvalue weighted by atomic mass is 10.1. The van der Waals surface area contributed by atoms with Gasteiger partial charge in [-0.15, -0.1) is 0 Å². The van der Waals surface area contributed by atoms with E-state index >= 15 is 0 Å². The number of hydrogen-bond acceptors (Lipinski definition) is 4. The summed E-state index contributed by atoms with van der Waals surface area (Å²) in [5, 5.41) is -0.381. The summed E-state index contributed by atoms with van der Waals surface area (Å²) in [5.41, 5.74) is 6.73. The molecule has 0 unspecified atom stereocenters. The van der Waals surface area contributed by atoms with Crippen LogP contribution in [0.1, 0.15) is 32.4 Å². The van der Waals surface area contributed by atoms with Crippen molar-refractivity contribution >= 4 is 25.8 Å². The second kappa shape index (κ2) is 6.72. The summed E-state index contributed by atoms with van der Waals surface area (Å²) in [6.45, 7) is 5.34. The predicted octanol–water partition coefficient (Wildman–Crippen LogP) is 2.67. The Labute approximate surface area is 123 Å². The molecule has 0 amide bonds. The summed E-state index contributed by atoms with van der Waals surface area (Å²) >= 11 is 3.38. The second-order valence-corrected chi connectivity index (χ2v) is 8.33. The minimum absolute atomic E-state index is 0.0130. The Balaban J connectivity index is 2.74. The maximum atomic E-state index is 11.7. The van der Waals surface area contributed by atoms with Gasteiger partial charge < -0.3 is 10.5 Å².